The van der Waals surface area contributed by atoms with Gasteiger partial charge in [-0.3, -0.25) is 19.6 Å². The summed E-state index contributed by atoms with van der Waals surface area (Å²) in [6.45, 7) is 4.81. The molecule has 0 saturated heterocycles. The Morgan fingerprint density at radius 1 is 1.28 bits per heavy atom. The van der Waals surface area contributed by atoms with E-state index in [9.17, 15) is 19.6 Å². The molecule has 2 amide bonds. The zero-order valence-corrected chi connectivity index (χ0v) is 19.3. The lowest BCUT2D eigenvalue weighted by Gasteiger charge is -2.29. The van der Waals surface area contributed by atoms with Crippen molar-refractivity contribution in [2.45, 2.75) is 58.4 Å². The summed E-state index contributed by atoms with van der Waals surface area (Å²) < 4.78 is 10.8. The van der Waals surface area contributed by atoms with Gasteiger partial charge in [-0.25, -0.2) is 5.48 Å². The Morgan fingerprint density at radius 3 is 2.62 bits per heavy atom. The van der Waals surface area contributed by atoms with Crippen LogP contribution in [-0.4, -0.2) is 49.2 Å². The number of carbonyl (C=O) groups excluding carboxylic acids is 3. The minimum atomic E-state index is -0.723. The topological polar surface area (TPSA) is 114 Å². The smallest absolute Gasteiger partial charge is 0.247 e. The quantitative estimate of drug-likeness (QED) is 0.320. The van der Waals surface area contributed by atoms with E-state index in [4.69, 9.17) is 9.47 Å². The second-order valence-corrected chi connectivity index (χ2v) is 8.78. The molecule has 0 aromatic heterocycles. The Morgan fingerprint density at radius 2 is 2.00 bits per heavy atom. The number of nitrogens with one attached hydrogen (secondary N) is 2. The summed E-state index contributed by atoms with van der Waals surface area (Å²) in [6.07, 6.45) is 2.59. The largest absolute Gasteiger partial charge is 0.494 e. The van der Waals surface area contributed by atoms with E-state index in [0.29, 0.717) is 51.1 Å². The van der Waals surface area contributed by atoms with Gasteiger partial charge in [0.25, 0.3) is 0 Å². The van der Waals surface area contributed by atoms with Crippen molar-refractivity contribution >= 4 is 17.6 Å². The Bertz CT molecular complexity index is 749. The summed E-state index contributed by atoms with van der Waals surface area (Å²) in [7, 11) is 1.58. The predicted molar refractivity (Wildman–Crippen MR) is 119 cm³/mol. The summed E-state index contributed by atoms with van der Waals surface area (Å²) >= 11 is 0. The molecule has 1 aromatic carbocycles. The Labute approximate surface area is 190 Å². The lowest BCUT2D eigenvalue weighted by Crippen LogP contribution is -2.48. The SMILES string of the molecule is COCCCC(=O)[C@@H]1Cc2ccc(cc2)OCCC[C@H](C(=O)NO)[C@@H](CC(C)C)C(=O)N1. The molecule has 0 radical (unpaired) electrons. The van der Waals surface area contributed by atoms with Gasteiger partial charge in [-0.05, 0) is 55.7 Å². The molecule has 2 aliphatic rings. The van der Waals surface area contributed by atoms with Crippen LogP contribution in [0.2, 0.25) is 0 Å². The fraction of sp³-hybridized carbons (Fsp3) is 0.625. The predicted octanol–water partition coefficient (Wildman–Crippen LogP) is 2.67. The highest BCUT2D eigenvalue weighted by Crippen LogP contribution is 2.27. The molecule has 0 spiro atoms. The van der Waals surface area contributed by atoms with Crippen molar-refractivity contribution in [1.29, 1.82) is 0 Å². The molecule has 3 rings (SSSR count). The highest BCUT2D eigenvalue weighted by molar-refractivity contribution is 5.92. The maximum Gasteiger partial charge on any atom is 0.247 e. The van der Waals surface area contributed by atoms with Gasteiger partial charge in [-0.1, -0.05) is 26.0 Å². The maximum absolute atomic E-state index is 13.4. The monoisotopic (exact) mass is 448 g/mol. The van der Waals surface area contributed by atoms with Gasteiger partial charge in [0.2, 0.25) is 11.8 Å². The van der Waals surface area contributed by atoms with E-state index in [0.717, 1.165) is 5.56 Å². The van der Waals surface area contributed by atoms with Gasteiger partial charge in [0.05, 0.1) is 18.6 Å². The molecule has 0 aliphatic carbocycles. The Kier molecular flexibility index (Phi) is 10.6. The van der Waals surface area contributed by atoms with Gasteiger partial charge in [-0.2, -0.15) is 0 Å². The number of amides is 2. The number of hydroxylamine groups is 1. The van der Waals surface area contributed by atoms with E-state index in [1.807, 2.05) is 38.1 Å². The summed E-state index contributed by atoms with van der Waals surface area (Å²) in [6, 6.07) is 6.78. The molecule has 178 valence electrons. The molecule has 2 heterocycles. The molecular formula is C24H36N2O6. The lowest BCUT2D eigenvalue weighted by molar-refractivity contribution is -0.142. The van der Waals surface area contributed by atoms with Gasteiger partial charge in [0, 0.05) is 26.1 Å². The Balaban J connectivity index is 2.35. The van der Waals surface area contributed by atoms with Crippen LogP contribution in [0.4, 0.5) is 0 Å². The second kappa shape index (κ2) is 13.2. The van der Waals surface area contributed by atoms with Crippen LogP contribution in [0.1, 0.15) is 51.5 Å². The van der Waals surface area contributed by atoms with Crippen LogP contribution in [0.3, 0.4) is 0 Å². The van der Waals surface area contributed by atoms with E-state index < -0.39 is 23.8 Å². The first-order valence-electron chi connectivity index (χ1n) is 11.3. The van der Waals surface area contributed by atoms with Crippen molar-refractivity contribution in [2.75, 3.05) is 20.3 Å². The normalized spacial score (nSPS) is 22.0. The summed E-state index contributed by atoms with van der Waals surface area (Å²) in [4.78, 5) is 38.8. The number of carbonyl (C=O) groups is 3. The number of benzene rings is 1. The maximum atomic E-state index is 13.4. The Hall–Kier alpha value is -2.45. The molecule has 8 nitrogen and oxygen atoms in total. The third-order valence-corrected chi connectivity index (χ3v) is 5.76. The highest BCUT2D eigenvalue weighted by Gasteiger charge is 2.35. The van der Waals surface area contributed by atoms with Crippen LogP contribution in [-0.2, 0) is 25.5 Å². The zero-order chi connectivity index (χ0) is 23.5. The molecular weight excluding hydrogens is 412 g/mol. The number of hydrogen-bond acceptors (Lipinski definition) is 6. The number of rotatable bonds is 8. The minimum absolute atomic E-state index is 0.0747. The van der Waals surface area contributed by atoms with Crippen molar-refractivity contribution in [2.24, 2.45) is 17.8 Å². The second-order valence-electron chi connectivity index (χ2n) is 8.78. The van der Waals surface area contributed by atoms with E-state index in [-0.39, 0.29) is 24.0 Å². The van der Waals surface area contributed by atoms with Crippen molar-refractivity contribution in [1.82, 2.24) is 10.8 Å². The number of methoxy groups -OCH3 is 1. The summed E-state index contributed by atoms with van der Waals surface area (Å²) in [5, 5.41) is 12.2. The van der Waals surface area contributed by atoms with Gasteiger partial charge >= 0.3 is 0 Å². The first-order valence-corrected chi connectivity index (χ1v) is 11.3. The number of ketones is 1. The first kappa shape index (κ1) is 25.8. The molecule has 0 saturated carbocycles. The summed E-state index contributed by atoms with van der Waals surface area (Å²) in [5.41, 5.74) is 2.62. The van der Waals surface area contributed by atoms with Crippen LogP contribution in [0.25, 0.3) is 0 Å². The fourth-order valence-electron chi connectivity index (χ4n) is 4.10. The molecule has 3 atom stereocenters. The van der Waals surface area contributed by atoms with Gasteiger partial charge in [0.1, 0.15) is 5.75 Å². The third-order valence-electron chi connectivity index (χ3n) is 5.76. The molecule has 0 unspecified atom stereocenters. The van der Waals surface area contributed by atoms with E-state index in [2.05, 4.69) is 5.32 Å². The average Bonchev–Trinajstić information content (AvgIpc) is 2.77. The van der Waals surface area contributed by atoms with Gasteiger partial charge < -0.3 is 14.8 Å². The molecule has 32 heavy (non-hydrogen) atoms. The van der Waals surface area contributed by atoms with E-state index in [1.54, 1.807) is 12.6 Å². The molecule has 8 heteroatoms. The van der Waals surface area contributed by atoms with Crippen LogP contribution in [0, 0.1) is 17.8 Å². The van der Waals surface area contributed by atoms with Crippen molar-refractivity contribution < 1.29 is 29.1 Å². The fourth-order valence-corrected chi connectivity index (χ4v) is 4.10. The van der Waals surface area contributed by atoms with E-state index >= 15 is 0 Å². The average molecular weight is 449 g/mol. The molecule has 3 N–H and O–H groups in total. The summed E-state index contributed by atoms with van der Waals surface area (Å²) in [5.74, 6) is -1.54. The number of hydrogen-bond donors (Lipinski definition) is 3. The minimum Gasteiger partial charge on any atom is -0.494 e. The van der Waals surface area contributed by atoms with Crippen molar-refractivity contribution in [3.8, 4) is 5.75 Å². The van der Waals surface area contributed by atoms with Crippen molar-refractivity contribution in [3.63, 3.8) is 0 Å². The zero-order valence-electron chi connectivity index (χ0n) is 19.3. The van der Waals surface area contributed by atoms with Crippen LogP contribution in [0.5, 0.6) is 5.75 Å². The first-order chi connectivity index (χ1) is 15.3. The van der Waals surface area contributed by atoms with Crippen LogP contribution < -0.4 is 15.5 Å². The number of Topliss-reactive ketones (excluding diaryl/α,β-unsaturated/α-hetero) is 1. The molecule has 1 aromatic rings. The highest BCUT2D eigenvalue weighted by atomic mass is 16.5. The van der Waals surface area contributed by atoms with Crippen LogP contribution >= 0.6 is 0 Å². The van der Waals surface area contributed by atoms with Gasteiger partial charge in [0.15, 0.2) is 5.78 Å². The lowest BCUT2D eigenvalue weighted by atomic mass is 9.81. The van der Waals surface area contributed by atoms with E-state index in [1.165, 1.54) is 0 Å². The molecule has 2 aliphatic heterocycles. The van der Waals surface area contributed by atoms with Gasteiger partial charge in [-0.15, -0.1) is 0 Å². The standard InChI is InChI=1S/C24H36N2O6/c1-16(2)14-20-19(24(29)26-30)6-4-13-32-18-10-8-17(9-11-18)15-21(25-23(20)28)22(27)7-5-12-31-3/h8-11,16,19-21,30H,4-7,12-15H2,1-3H3,(H,25,28)(H,26,29)/t19-,20+,21-/m0/s1. The molecule has 0 fully saturated rings. The number of ether oxygens (including phenoxy) is 2. The van der Waals surface area contributed by atoms with Crippen LogP contribution in [0.15, 0.2) is 24.3 Å². The molecule has 2 bridgehead atoms. The van der Waals surface area contributed by atoms with Crippen molar-refractivity contribution in [3.05, 3.63) is 29.8 Å². The third kappa shape index (κ3) is 7.91. The number of fused-ring (bicyclic) bond motifs is 11.